The summed E-state index contributed by atoms with van der Waals surface area (Å²) in [7, 11) is 1.77. The Hall–Kier alpha value is -0.840. The van der Waals surface area contributed by atoms with Gasteiger partial charge >= 0.3 is 0 Å². The number of nitrogens with one attached hydrogen (secondary N) is 1. The normalized spacial score (nSPS) is 15.7. The van der Waals surface area contributed by atoms with Gasteiger partial charge in [0.25, 0.3) is 5.91 Å². The van der Waals surface area contributed by atoms with Gasteiger partial charge in [0, 0.05) is 18.7 Å². The van der Waals surface area contributed by atoms with Crippen molar-refractivity contribution in [2.75, 3.05) is 20.1 Å². The van der Waals surface area contributed by atoms with Crippen LogP contribution in [0.25, 0.3) is 0 Å². The summed E-state index contributed by atoms with van der Waals surface area (Å²) in [6.07, 6.45) is 1.86. The fourth-order valence-corrected chi connectivity index (χ4v) is 2.31. The van der Waals surface area contributed by atoms with Crippen molar-refractivity contribution in [3.63, 3.8) is 0 Å². The first-order valence-corrected chi connectivity index (χ1v) is 6.40. The molecule has 1 aromatic rings. The Bertz CT molecular complexity index is 450. The largest absolute Gasteiger partial charge is 0.339 e. The van der Waals surface area contributed by atoms with Crippen molar-refractivity contribution in [2.45, 2.75) is 18.9 Å². The number of rotatable bonds is 2. The van der Waals surface area contributed by atoms with Crippen LogP contribution < -0.4 is 5.32 Å². The summed E-state index contributed by atoms with van der Waals surface area (Å²) in [6, 6.07) is 4.39. The highest BCUT2D eigenvalue weighted by molar-refractivity contribution is 6.30. The van der Waals surface area contributed by atoms with Crippen molar-refractivity contribution in [3.05, 3.63) is 34.6 Å². The molecule has 1 heterocycles. The molecule has 3 nitrogen and oxygen atoms in total. The van der Waals surface area contributed by atoms with Crippen LogP contribution in [0.1, 0.15) is 23.2 Å². The quantitative estimate of drug-likeness (QED) is 0.911. The van der Waals surface area contributed by atoms with Gasteiger partial charge in [0.05, 0.1) is 5.02 Å². The SMILES string of the molecule is CN(C(=O)c1ccc(Cl)c(F)c1)C1CCNCC1.Cl. The summed E-state index contributed by atoms with van der Waals surface area (Å²) >= 11 is 5.61. The number of benzene rings is 1. The fraction of sp³-hybridized carbons (Fsp3) is 0.462. The lowest BCUT2D eigenvalue weighted by molar-refractivity contribution is 0.0703. The molecular formula is C13H17Cl2FN2O. The summed E-state index contributed by atoms with van der Waals surface area (Å²) in [5.41, 5.74) is 0.345. The Morgan fingerprint density at radius 1 is 1.42 bits per heavy atom. The predicted molar refractivity (Wildman–Crippen MR) is 76.6 cm³/mol. The highest BCUT2D eigenvalue weighted by Gasteiger charge is 2.23. The van der Waals surface area contributed by atoms with E-state index in [0.29, 0.717) is 5.56 Å². The van der Waals surface area contributed by atoms with Gasteiger partial charge in [-0.1, -0.05) is 11.6 Å². The van der Waals surface area contributed by atoms with E-state index in [-0.39, 0.29) is 29.4 Å². The number of hydrogen-bond donors (Lipinski definition) is 1. The molecule has 1 aliphatic heterocycles. The standard InChI is InChI=1S/C13H16ClFN2O.ClH/c1-17(10-4-6-16-7-5-10)13(18)9-2-3-11(14)12(15)8-9;/h2-3,8,10,16H,4-7H2,1H3;1H. The van der Waals surface area contributed by atoms with Crippen LogP contribution in [0.5, 0.6) is 0 Å². The average Bonchev–Trinajstić information content (AvgIpc) is 2.41. The first-order chi connectivity index (χ1) is 8.59. The van der Waals surface area contributed by atoms with Gasteiger partial charge in [0.15, 0.2) is 0 Å². The third kappa shape index (κ3) is 3.81. The van der Waals surface area contributed by atoms with Crippen molar-refractivity contribution in [2.24, 2.45) is 0 Å². The molecule has 0 aliphatic carbocycles. The average molecular weight is 307 g/mol. The van der Waals surface area contributed by atoms with E-state index in [9.17, 15) is 9.18 Å². The minimum absolute atomic E-state index is 0. The van der Waals surface area contributed by atoms with Gasteiger partial charge in [-0.2, -0.15) is 0 Å². The van der Waals surface area contributed by atoms with Crippen molar-refractivity contribution >= 4 is 29.9 Å². The predicted octanol–water partition coefficient (Wildman–Crippen LogP) is 2.72. The van der Waals surface area contributed by atoms with Crippen molar-refractivity contribution in [1.82, 2.24) is 10.2 Å². The molecule has 1 aliphatic rings. The molecule has 1 saturated heterocycles. The van der Waals surface area contributed by atoms with E-state index >= 15 is 0 Å². The summed E-state index contributed by atoms with van der Waals surface area (Å²) in [5.74, 6) is -0.710. The zero-order valence-corrected chi connectivity index (χ0v) is 12.2. The van der Waals surface area contributed by atoms with Gasteiger partial charge in [-0.25, -0.2) is 4.39 Å². The minimum atomic E-state index is -0.554. The zero-order chi connectivity index (χ0) is 13.1. The Labute approximate surface area is 123 Å². The van der Waals surface area contributed by atoms with Crippen molar-refractivity contribution < 1.29 is 9.18 Å². The number of amides is 1. The molecule has 0 bridgehead atoms. The second-order valence-electron chi connectivity index (χ2n) is 4.53. The van der Waals surface area contributed by atoms with Crippen LogP contribution in [-0.4, -0.2) is 37.0 Å². The summed E-state index contributed by atoms with van der Waals surface area (Å²) < 4.78 is 13.3. The van der Waals surface area contributed by atoms with E-state index in [1.807, 2.05) is 0 Å². The minimum Gasteiger partial charge on any atom is -0.339 e. The lowest BCUT2D eigenvalue weighted by atomic mass is 10.0. The lowest BCUT2D eigenvalue weighted by Gasteiger charge is -2.31. The summed E-state index contributed by atoms with van der Waals surface area (Å²) in [6.45, 7) is 1.83. The second-order valence-corrected chi connectivity index (χ2v) is 4.93. The molecule has 6 heteroatoms. The van der Waals surface area contributed by atoms with Gasteiger partial charge in [0.1, 0.15) is 5.82 Å². The maximum absolute atomic E-state index is 13.3. The molecular weight excluding hydrogens is 290 g/mol. The first-order valence-electron chi connectivity index (χ1n) is 6.02. The van der Waals surface area contributed by atoms with Gasteiger partial charge in [0.2, 0.25) is 0 Å². The number of nitrogens with zero attached hydrogens (tertiary/aromatic N) is 1. The molecule has 0 unspecified atom stereocenters. The van der Waals surface area contributed by atoms with Crippen LogP contribution >= 0.6 is 24.0 Å². The van der Waals surface area contributed by atoms with Gasteiger partial charge in [-0.15, -0.1) is 12.4 Å². The molecule has 106 valence electrons. The van der Waals surface area contributed by atoms with E-state index in [1.165, 1.54) is 12.1 Å². The smallest absolute Gasteiger partial charge is 0.253 e. The van der Waals surface area contributed by atoms with Crippen molar-refractivity contribution in [3.8, 4) is 0 Å². The number of halogens is 3. The topological polar surface area (TPSA) is 32.3 Å². The van der Waals surface area contributed by atoms with E-state index in [2.05, 4.69) is 5.32 Å². The Morgan fingerprint density at radius 2 is 2.05 bits per heavy atom. The van der Waals surface area contributed by atoms with E-state index in [1.54, 1.807) is 18.0 Å². The van der Waals surface area contributed by atoms with Gasteiger partial charge < -0.3 is 10.2 Å². The van der Waals surface area contributed by atoms with Crippen LogP contribution in [-0.2, 0) is 0 Å². The summed E-state index contributed by atoms with van der Waals surface area (Å²) in [5, 5.41) is 3.29. The van der Waals surface area contributed by atoms with Crippen LogP contribution in [0.2, 0.25) is 5.02 Å². The lowest BCUT2D eigenvalue weighted by Crippen LogP contribution is -2.43. The van der Waals surface area contributed by atoms with Crippen LogP contribution in [0.15, 0.2) is 18.2 Å². The third-order valence-corrected chi connectivity index (χ3v) is 3.65. The van der Waals surface area contributed by atoms with Crippen molar-refractivity contribution in [1.29, 1.82) is 0 Å². The molecule has 1 aromatic carbocycles. The highest BCUT2D eigenvalue weighted by Crippen LogP contribution is 2.18. The fourth-order valence-electron chi connectivity index (χ4n) is 2.19. The summed E-state index contributed by atoms with van der Waals surface area (Å²) in [4.78, 5) is 13.9. The molecule has 0 saturated carbocycles. The maximum Gasteiger partial charge on any atom is 0.253 e. The zero-order valence-electron chi connectivity index (χ0n) is 10.7. The Kier molecular flexibility index (Phi) is 6.04. The Balaban J connectivity index is 0.00000180. The molecule has 0 atom stereocenters. The third-order valence-electron chi connectivity index (χ3n) is 3.34. The monoisotopic (exact) mass is 306 g/mol. The molecule has 19 heavy (non-hydrogen) atoms. The molecule has 0 spiro atoms. The van der Waals surface area contributed by atoms with E-state index in [4.69, 9.17) is 11.6 Å². The highest BCUT2D eigenvalue weighted by atomic mass is 35.5. The molecule has 1 fully saturated rings. The van der Waals surface area contributed by atoms with Crippen LogP contribution in [0, 0.1) is 5.82 Å². The first kappa shape index (κ1) is 16.2. The van der Waals surface area contributed by atoms with Gasteiger partial charge in [-0.05, 0) is 44.1 Å². The number of hydrogen-bond acceptors (Lipinski definition) is 2. The van der Waals surface area contributed by atoms with E-state index < -0.39 is 5.82 Å². The van der Waals surface area contributed by atoms with Gasteiger partial charge in [-0.3, -0.25) is 4.79 Å². The molecule has 0 aromatic heterocycles. The van der Waals surface area contributed by atoms with Crippen LogP contribution in [0.4, 0.5) is 4.39 Å². The number of piperidine rings is 1. The second kappa shape index (κ2) is 7.08. The van der Waals surface area contributed by atoms with E-state index in [0.717, 1.165) is 25.9 Å². The number of carbonyl (C=O) groups excluding carboxylic acids is 1. The molecule has 0 radical (unpaired) electrons. The molecule has 2 rings (SSSR count). The number of carbonyl (C=O) groups is 1. The molecule has 1 amide bonds. The Morgan fingerprint density at radius 3 is 2.63 bits per heavy atom. The van der Waals surface area contributed by atoms with Crippen LogP contribution in [0.3, 0.4) is 0 Å². The molecule has 1 N–H and O–H groups in total. The maximum atomic E-state index is 13.3.